The summed E-state index contributed by atoms with van der Waals surface area (Å²) in [7, 11) is 1.27. The van der Waals surface area contributed by atoms with Crippen molar-refractivity contribution in [2.45, 2.75) is 49.0 Å². The van der Waals surface area contributed by atoms with Gasteiger partial charge >= 0.3 is 6.18 Å². The van der Waals surface area contributed by atoms with E-state index >= 15 is 0 Å². The molecule has 0 aromatic heterocycles. The van der Waals surface area contributed by atoms with Gasteiger partial charge in [-0.1, -0.05) is 12.1 Å². The molecule has 23 heavy (non-hydrogen) atoms. The molecule has 0 radical (unpaired) electrons. The lowest BCUT2D eigenvalue weighted by Gasteiger charge is -2.38. The minimum Gasteiger partial charge on any atom is -0.386 e. The van der Waals surface area contributed by atoms with Crippen LogP contribution in [0.2, 0.25) is 0 Å². The zero-order chi connectivity index (χ0) is 18.7. The molecule has 1 N–H and O–H groups in total. The first-order valence-corrected chi connectivity index (χ1v) is 7.37. The monoisotopic (exact) mass is 340 g/mol. The highest BCUT2D eigenvalue weighted by molar-refractivity contribution is 5.28. The van der Waals surface area contributed by atoms with Crippen molar-refractivity contribution in [3.05, 3.63) is 12.1 Å². The molecule has 132 valence electrons. The number of epoxide rings is 2. The number of rotatable bonds is 6. The number of methoxy groups -OCH3 is 1. The molecule has 5 nitrogen and oxygen atoms in total. The first-order chi connectivity index (χ1) is 11.5. The van der Waals surface area contributed by atoms with Crippen LogP contribution in [-0.2, 0) is 18.9 Å². The fourth-order valence-corrected chi connectivity index (χ4v) is 3.36. The van der Waals surface area contributed by atoms with Gasteiger partial charge in [0.15, 0.2) is 0 Å². The summed E-state index contributed by atoms with van der Waals surface area (Å²) in [6.07, 6.45) is -6.46. The normalized spacial score (nSPS) is 50.3. The highest BCUT2D eigenvalue weighted by Gasteiger charge is 2.70. The van der Waals surface area contributed by atoms with Crippen molar-refractivity contribution >= 4 is 0 Å². The molecule has 2 saturated heterocycles. The number of aliphatic hydroxyl groups is 1. The Morgan fingerprint density at radius 3 is 2.78 bits per heavy atom. The zero-order valence-electron chi connectivity index (χ0n) is 14.9. The number of halogens is 3. The van der Waals surface area contributed by atoms with E-state index in [9.17, 15) is 18.3 Å². The minimum atomic E-state index is -4.38. The maximum absolute atomic E-state index is 12.1. The van der Waals surface area contributed by atoms with E-state index in [0.29, 0.717) is 0 Å². The summed E-state index contributed by atoms with van der Waals surface area (Å²) in [6, 6.07) is -0.153. The lowest BCUT2D eigenvalue weighted by atomic mass is 9.71. The third-order valence-electron chi connectivity index (χ3n) is 4.58. The molecular weight excluding hydrogens is 317 g/mol. The van der Waals surface area contributed by atoms with E-state index < -0.39 is 48.2 Å². The second kappa shape index (κ2) is 5.70. The van der Waals surface area contributed by atoms with Gasteiger partial charge in [-0.2, -0.15) is 13.2 Å². The standard InChI is InChI=1S/C15H21F3O5/c1-13(10(23-13)4-6-21-8-15(16,17)18)12-11(20-2)9(19)3-5-14(12)7-22-14/h3,5,9-12,19H,4,6-8H2,1-2H3/t9-,10+,11+,12+,13-,14-/m0/s1/i3D,11D. The van der Waals surface area contributed by atoms with Crippen molar-refractivity contribution in [1.82, 2.24) is 0 Å². The molecule has 0 bridgehead atoms. The maximum Gasteiger partial charge on any atom is 0.411 e. The van der Waals surface area contributed by atoms with E-state index in [2.05, 4.69) is 4.74 Å². The molecule has 8 heteroatoms. The average molecular weight is 340 g/mol. The van der Waals surface area contributed by atoms with Crippen LogP contribution in [0.4, 0.5) is 13.2 Å². The van der Waals surface area contributed by atoms with E-state index in [1.54, 1.807) is 6.92 Å². The predicted molar refractivity (Wildman–Crippen MR) is 72.9 cm³/mol. The fourth-order valence-electron chi connectivity index (χ4n) is 3.36. The van der Waals surface area contributed by atoms with Gasteiger partial charge < -0.3 is 24.1 Å². The predicted octanol–water partition coefficient (Wildman–Crippen LogP) is 1.44. The van der Waals surface area contributed by atoms with E-state index in [4.69, 9.17) is 17.0 Å². The van der Waals surface area contributed by atoms with Gasteiger partial charge in [-0.05, 0) is 13.3 Å². The first kappa shape index (κ1) is 14.7. The topological polar surface area (TPSA) is 63.8 Å². The van der Waals surface area contributed by atoms with Gasteiger partial charge in [0, 0.05) is 13.7 Å². The van der Waals surface area contributed by atoms with Crippen LogP contribution in [0.5, 0.6) is 0 Å². The quantitative estimate of drug-likeness (QED) is 0.450. The average Bonchev–Trinajstić information content (AvgIpc) is 3.40. The van der Waals surface area contributed by atoms with Crippen LogP contribution in [0.1, 0.15) is 16.1 Å². The number of ether oxygens (including phenoxy) is 4. The van der Waals surface area contributed by atoms with Crippen molar-refractivity contribution in [3.63, 3.8) is 0 Å². The van der Waals surface area contributed by atoms with Crippen LogP contribution in [-0.4, -0.2) is 67.7 Å². The smallest absolute Gasteiger partial charge is 0.386 e. The third-order valence-corrected chi connectivity index (χ3v) is 4.58. The van der Waals surface area contributed by atoms with Crippen molar-refractivity contribution in [1.29, 1.82) is 0 Å². The second-order valence-electron chi connectivity index (χ2n) is 6.24. The van der Waals surface area contributed by atoms with Crippen LogP contribution >= 0.6 is 0 Å². The number of hydrogen-bond donors (Lipinski definition) is 1. The minimum absolute atomic E-state index is 0.138. The molecule has 0 aromatic carbocycles. The Hall–Kier alpha value is -0.670. The molecule has 2 aliphatic heterocycles. The molecular formula is C15H21F3O5. The number of hydrogen-bond acceptors (Lipinski definition) is 5. The SMILES string of the molecule is [2H]C1=C[C@]2(CO2)[C@@H]([C@@]2(C)O[C@@H]2CCOCC(F)(F)F)[C@]([2H])(OC)[C@H]1O. The number of alkyl halides is 3. The van der Waals surface area contributed by atoms with Gasteiger partial charge in [-0.15, -0.1) is 0 Å². The van der Waals surface area contributed by atoms with Crippen molar-refractivity contribution in [3.8, 4) is 0 Å². The van der Waals surface area contributed by atoms with Gasteiger partial charge in [0.25, 0.3) is 0 Å². The van der Waals surface area contributed by atoms with Crippen molar-refractivity contribution < 1.29 is 40.0 Å². The fraction of sp³-hybridized carbons (Fsp3) is 0.867. The molecule has 2 fully saturated rings. The van der Waals surface area contributed by atoms with Gasteiger partial charge in [-0.25, -0.2) is 0 Å². The lowest BCUT2D eigenvalue weighted by Crippen LogP contribution is -2.52. The Kier molecular flexibility index (Phi) is 3.63. The van der Waals surface area contributed by atoms with Gasteiger partial charge in [0.2, 0.25) is 0 Å². The van der Waals surface area contributed by atoms with Crippen molar-refractivity contribution in [2.75, 3.05) is 26.9 Å². The summed E-state index contributed by atoms with van der Waals surface area (Å²) in [5.41, 5.74) is -1.85. The van der Waals surface area contributed by atoms with Gasteiger partial charge in [-0.3, -0.25) is 0 Å². The number of aliphatic hydroxyl groups excluding tert-OH is 1. The van der Waals surface area contributed by atoms with Crippen LogP contribution in [0.3, 0.4) is 0 Å². The maximum atomic E-state index is 12.1. The summed E-state index contributed by atoms with van der Waals surface area (Å²) >= 11 is 0. The first-order valence-electron chi connectivity index (χ1n) is 8.37. The Bertz CT molecular complexity index is 568. The summed E-state index contributed by atoms with van der Waals surface area (Å²) in [5.74, 6) is -0.728. The Labute approximate surface area is 135 Å². The molecule has 1 aliphatic carbocycles. The summed E-state index contributed by atoms with van der Waals surface area (Å²) in [5, 5.41) is 10.3. The molecule has 3 aliphatic rings. The molecule has 1 spiro atoms. The molecule has 0 unspecified atom stereocenters. The molecule has 0 amide bonds. The van der Waals surface area contributed by atoms with E-state index in [1.807, 2.05) is 0 Å². The van der Waals surface area contributed by atoms with Gasteiger partial charge in [0.1, 0.15) is 17.8 Å². The second-order valence-corrected chi connectivity index (χ2v) is 6.24. The molecule has 2 heterocycles. The summed E-state index contributed by atoms with van der Waals surface area (Å²) in [6.45, 7) is 0.526. The molecule has 0 aromatic rings. The third kappa shape index (κ3) is 3.28. The van der Waals surface area contributed by atoms with Crippen molar-refractivity contribution in [2.24, 2.45) is 5.92 Å². The van der Waals surface area contributed by atoms with E-state index in [0.717, 1.165) is 0 Å². The van der Waals surface area contributed by atoms with Crippen LogP contribution in [0, 0.1) is 5.92 Å². The highest BCUT2D eigenvalue weighted by atomic mass is 19.4. The molecule has 6 atom stereocenters. The molecule has 0 saturated carbocycles. The Balaban J connectivity index is 1.70. The van der Waals surface area contributed by atoms with Crippen LogP contribution < -0.4 is 0 Å². The largest absolute Gasteiger partial charge is 0.411 e. The lowest BCUT2D eigenvalue weighted by molar-refractivity contribution is -0.174. The van der Waals surface area contributed by atoms with Gasteiger partial charge in [0.05, 0.1) is 33.6 Å². The van der Waals surface area contributed by atoms with Crippen LogP contribution in [0.15, 0.2) is 12.1 Å². The Morgan fingerprint density at radius 2 is 2.22 bits per heavy atom. The van der Waals surface area contributed by atoms with Crippen LogP contribution in [0.25, 0.3) is 0 Å². The Morgan fingerprint density at radius 1 is 1.52 bits per heavy atom. The molecule has 3 rings (SSSR count). The highest BCUT2D eigenvalue weighted by Crippen LogP contribution is 2.57. The van der Waals surface area contributed by atoms with E-state index in [1.165, 1.54) is 13.2 Å². The summed E-state index contributed by atoms with van der Waals surface area (Å²) in [4.78, 5) is 0. The summed E-state index contributed by atoms with van der Waals surface area (Å²) < 4.78 is 73.8. The zero-order valence-corrected chi connectivity index (χ0v) is 12.9. The van der Waals surface area contributed by atoms with E-state index in [-0.39, 0.29) is 25.7 Å².